The Bertz CT molecular complexity index is 597. The number of ether oxygens (including phenoxy) is 1. The summed E-state index contributed by atoms with van der Waals surface area (Å²) in [7, 11) is 0. The molecule has 0 saturated carbocycles. The first-order valence-corrected chi connectivity index (χ1v) is 6.57. The number of anilines is 1. The molecule has 2 rings (SSSR count). The maximum Gasteiger partial charge on any atom is 0.265 e. The van der Waals surface area contributed by atoms with E-state index in [4.69, 9.17) is 4.74 Å². The van der Waals surface area contributed by atoms with Crippen LogP contribution in [0.15, 0.2) is 48.5 Å². The van der Waals surface area contributed by atoms with Crippen LogP contribution in [0.1, 0.15) is 13.3 Å². The highest BCUT2D eigenvalue weighted by Crippen LogP contribution is 2.16. The van der Waals surface area contributed by atoms with Crippen molar-refractivity contribution in [1.29, 1.82) is 0 Å². The highest BCUT2D eigenvalue weighted by Gasteiger charge is 2.18. The molecule has 0 spiro atoms. The van der Waals surface area contributed by atoms with Gasteiger partial charge in [0.25, 0.3) is 5.91 Å². The number of halogens is 2. The summed E-state index contributed by atoms with van der Waals surface area (Å²) in [5.74, 6) is -0.667. The summed E-state index contributed by atoms with van der Waals surface area (Å²) in [6, 6.07) is 10.9. The van der Waals surface area contributed by atoms with Crippen molar-refractivity contribution in [3.63, 3.8) is 0 Å². The number of hydrogen-bond donors (Lipinski definition) is 1. The molecule has 0 aliphatic heterocycles. The maximum absolute atomic E-state index is 12.8. The van der Waals surface area contributed by atoms with E-state index in [1.165, 1.54) is 48.5 Å². The van der Waals surface area contributed by atoms with Crippen LogP contribution in [-0.2, 0) is 4.79 Å². The van der Waals surface area contributed by atoms with E-state index in [1.54, 1.807) is 6.92 Å². The molecular formula is C16H15F2NO2. The largest absolute Gasteiger partial charge is 0.481 e. The molecule has 0 bridgehead atoms. The molecule has 5 heteroatoms. The molecule has 0 aromatic heterocycles. The van der Waals surface area contributed by atoms with Crippen molar-refractivity contribution in [2.45, 2.75) is 19.4 Å². The van der Waals surface area contributed by atoms with Crippen molar-refractivity contribution < 1.29 is 18.3 Å². The lowest BCUT2D eigenvalue weighted by Gasteiger charge is -2.17. The van der Waals surface area contributed by atoms with E-state index in [1.807, 2.05) is 0 Å². The molecule has 21 heavy (non-hydrogen) atoms. The number of nitrogens with one attached hydrogen (secondary N) is 1. The number of benzene rings is 2. The number of amides is 1. The van der Waals surface area contributed by atoms with Crippen LogP contribution in [0.5, 0.6) is 5.75 Å². The van der Waals surface area contributed by atoms with Gasteiger partial charge in [-0.25, -0.2) is 8.78 Å². The fraction of sp³-hybridized carbons (Fsp3) is 0.188. The zero-order valence-corrected chi connectivity index (χ0v) is 11.5. The molecular weight excluding hydrogens is 276 g/mol. The summed E-state index contributed by atoms with van der Waals surface area (Å²) in [5.41, 5.74) is 0.488. The van der Waals surface area contributed by atoms with Crippen LogP contribution in [0.3, 0.4) is 0 Å². The van der Waals surface area contributed by atoms with Gasteiger partial charge in [-0.15, -0.1) is 0 Å². The Morgan fingerprint density at radius 2 is 1.57 bits per heavy atom. The molecule has 1 amide bonds. The predicted molar refractivity (Wildman–Crippen MR) is 76.1 cm³/mol. The molecule has 0 fully saturated rings. The minimum absolute atomic E-state index is 0.339. The average Bonchev–Trinajstić information content (AvgIpc) is 2.49. The Morgan fingerprint density at radius 3 is 2.10 bits per heavy atom. The fourth-order valence-electron chi connectivity index (χ4n) is 1.76. The van der Waals surface area contributed by atoms with Crippen LogP contribution in [0.4, 0.5) is 14.5 Å². The first kappa shape index (κ1) is 15.0. The van der Waals surface area contributed by atoms with Crippen LogP contribution in [0.2, 0.25) is 0 Å². The molecule has 0 aliphatic carbocycles. The van der Waals surface area contributed by atoms with Crippen LogP contribution < -0.4 is 10.1 Å². The summed E-state index contributed by atoms with van der Waals surface area (Å²) in [5, 5.41) is 2.65. The van der Waals surface area contributed by atoms with Gasteiger partial charge in [0.15, 0.2) is 6.10 Å². The van der Waals surface area contributed by atoms with Gasteiger partial charge in [0.05, 0.1) is 0 Å². The third-order valence-corrected chi connectivity index (χ3v) is 2.87. The van der Waals surface area contributed by atoms with Crippen molar-refractivity contribution in [2.75, 3.05) is 5.32 Å². The van der Waals surface area contributed by atoms with Gasteiger partial charge in [-0.1, -0.05) is 6.92 Å². The highest BCUT2D eigenvalue weighted by atomic mass is 19.1. The van der Waals surface area contributed by atoms with Crippen molar-refractivity contribution in [1.82, 2.24) is 0 Å². The first-order chi connectivity index (χ1) is 10.1. The molecule has 0 aliphatic rings. The topological polar surface area (TPSA) is 38.3 Å². The lowest BCUT2D eigenvalue weighted by molar-refractivity contribution is -0.122. The van der Waals surface area contributed by atoms with Crippen LogP contribution >= 0.6 is 0 Å². The van der Waals surface area contributed by atoms with E-state index in [9.17, 15) is 13.6 Å². The van der Waals surface area contributed by atoms with E-state index >= 15 is 0 Å². The second-order valence-electron chi connectivity index (χ2n) is 4.46. The van der Waals surface area contributed by atoms with Gasteiger partial charge in [-0.2, -0.15) is 0 Å². The minimum Gasteiger partial charge on any atom is -0.481 e. The van der Waals surface area contributed by atoms with Gasteiger partial charge < -0.3 is 10.1 Å². The highest BCUT2D eigenvalue weighted by molar-refractivity contribution is 5.94. The van der Waals surface area contributed by atoms with E-state index in [0.717, 1.165) is 0 Å². The van der Waals surface area contributed by atoms with E-state index in [2.05, 4.69) is 5.32 Å². The Morgan fingerprint density at radius 1 is 1.05 bits per heavy atom. The third-order valence-electron chi connectivity index (χ3n) is 2.87. The zero-order valence-electron chi connectivity index (χ0n) is 11.5. The van der Waals surface area contributed by atoms with Crippen LogP contribution in [-0.4, -0.2) is 12.0 Å². The van der Waals surface area contributed by atoms with E-state index in [-0.39, 0.29) is 17.5 Å². The second kappa shape index (κ2) is 6.83. The summed E-state index contributed by atoms with van der Waals surface area (Å²) in [6.07, 6.45) is -0.259. The standard InChI is InChI=1S/C16H15F2NO2/c1-2-15(21-14-9-5-12(18)6-10-14)16(20)19-13-7-3-11(17)4-8-13/h3-10,15H,2H2,1H3,(H,19,20)/t15-/m0/s1. The Kier molecular flexibility index (Phi) is 4.87. The summed E-state index contributed by atoms with van der Waals surface area (Å²) in [4.78, 5) is 12.1. The Balaban J connectivity index is 2.01. The summed E-state index contributed by atoms with van der Waals surface area (Å²) in [6.45, 7) is 1.80. The Hall–Kier alpha value is -2.43. The fourth-order valence-corrected chi connectivity index (χ4v) is 1.76. The Labute approximate surface area is 121 Å². The lowest BCUT2D eigenvalue weighted by atomic mass is 10.2. The van der Waals surface area contributed by atoms with E-state index in [0.29, 0.717) is 17.9 Å². The second-order valence-corrected chi connectivity index (χ2v) is 4.46. The van der Waals surface area contributed by atoms with Gasteiger partial charge in [-0.05, 0) is 55.0 Å². The molecule has 0 unspecified atom stereocenters. The monoisotopic (exact) mass is 291 g/mol. The molecule has 3 nitrogen and oxygen atoms in total. The number of carbonyl (C=O) groups excluding carboxylic acids is 1. The van der Waals surface area contributed by atoms with Crippen molar-refractivity contribution in [3.8, 4) is 5.75 Å². The molecule has 1 atom stereocenters. The van der Waals surface area contributed by atoms with Crippen molar-refractivity contribution >= 4 is 11.6 Å². The number of carbonyl (C=O) groups is 1. The SMILES string of the molecule is CC[C@H](Oc1ccc(F)cc1)C(=O)Nc1ccc(F)cc1. The van der Waals surface area contributed by atoms with Crippen LogP contribution in [0, 0.1) is 11.6 Å². The molecule has 110 valence electrons. The molecule has 0 heterocycles. The maximum atomic E-state index is 12.8. The van der Waals surface area contributed by atoms with Gasteiger partial charge in [0.2, 0.25) is 0 Å². The zero-order chi connectivity index (χ0) is 15.2. The lowest BCUT2D eigenvalue weighted by Crippen LogP contribution is -2.32. The summed E-state index contributed by atoms with van der Waals surface area (Å²) >= 11 is 0. The minimum atomic E-state index is -0.708. The molecule has 0 radical (unpaired) electrons. The number of hydrogen-bond acceptors (Lipinski definition) is 2. The molecule has 2 aromatic rings. The molecule has 1 N–H and O–H groups in total. The normalized spacial score (nSPS) is 11.8. The molecule has 2 aromatic carbocycles. The molecule has 0 saturated heterocycles. The van der Waals surface area contributed by atoms with Crippen molar-refractivity contribution in [2.24, 2.45) is 0 Å². The third kappa shape index (κ3) is 4.27. The summed E-state index contributed by atoms with van der Waals surface area (Å²) < 4.78 is 31.1. The quantitative estimate of drug-likeness (QED) is 0.911. The predicted octanol–water partition coefficient (Wildman–Crippen LogP) is 3.76. The van der Waals surface area contributed by atoms with Gasteiger partial charge >= 0.3 is 0 Å². The average molecular weight is 291 g/mol. The van der Waals surface area contributed by atoms with E-state index < -0.39 is 6.10 Å². The van der Waals surface area contributed by atoms with Crippen LogP contribution in [0.25, 0.3) is 0 Å². The van der Waals surface area contributed by atoms with Gasteiger partial charge in [0, 0.05) is 5.69 Å². The van der Waals surface area contributed by atoms with Gasteiger partial charge in [-0.3, -0.25) is 4.79 Å². The van der Waals surface area contributed by atoms with Gasteiger partial charge in [0.1, 0.15) is 17.4 Å². The smallest absolute Gasteiger partial charge is 0.265 e. The number of rotatable bonds is 5. The first-order valence-electron chi connectivity index (χ1n) is 6.57. The van der Waals surface area contributed by atoms with Crippen molar-refractivity contribution in [3.05, 3.63) is 60.2 Å².